The Morgan fingerprint density at radius 3 is 2.53 bits per heavy atom. The second-order valence-corrected chi connectivity index (χ2v) is 5.83. The van der Waals surface area contributed by atoms with Gasteiger partial charge in [-0.15, -0.1) is 0 Å². The quantitative estimate of drug-likeness (QED) is 0.310. The van der Waals surface area contributed by atoms with Gasteiger partial charge < -0.3 is 4.74 Å². The summed E-state index contributed by atoms with van der Waals surface area (Å²) in [5, 5.41) is 0. The molecule has 1 unspecified atom stereocenters. The first-order valence-electron chi connectivity index (χ1n) is 7.00. The SMILES string of the molecule is CCCCCCOC(=O)CCCCC(Br)CC. The summed E-state index contributed by atoms with van der Waals surface area (Å²) in [7, 11) is 0. The van der Waals surface area contributed by atoms with E-state index in [0.29, 0.717) is 17.9 Å². The standard InChI is InChI=1S/C14H27BrO2/c1-3-5-6-9-12-17-14(16)11-8-7-10-13(15)4-2/h13H,3-12H2,1-2H3. The number of hydrogen-bond acceptors (Lipinski definition) is 2. The van der Waals surface area contributed by atoms with Crippen molar-refractivity contribution in [3.05, 3.63) is 0 Å². The predicted molar refractivity (Wildman–Crippen MR) is 76.6 cm³/mol. The molecule has 0 bridgehead atoms. The minimum Gasteiger partial charge on any atom is -0.466 e. The van der Waals surface area contributed by atoms with E-state index in [4.69, 9.17) is 4.74 Å². The molecule has 3 heteroatoms. The van der Waals surface area contributed by atoms with E-state index in [-0.39, 0.29) is 5.97 Å². The Morgan fingerprint density at radius 1 is 1.12 bits per heavy atom. The van der Waals surface area contributed by atoms with E-state index >= 15 is 0 Å². The van der Waals surface area contributed by atoms with Gasteiger partial charge in [0.25, 0.3) is 0 Å². The molecule has 17 heavy (non-hydrogen) atoms. The van der Waals surface area contributed by atoms with Crippen molar-refractivity contribution >= 4 is 21.9 Å². The van der Waals surface area contributed by atoms with E-state index < -0.39 is 0 Å². The van der Waals surface area contributed by atoms with Crippen LogP contribution in [-0.2, 0) is 9.53 Å². The molecule has 0 radical (unpaired) electrons. The summed E-state index contributed by atoms with van der Waals surface area (Å²) < 4.78 is 5.17. The topological polar surface area (TPSA) is 26.3 Å². The van der Waals surface area contributed by atoms with Gasteiger partial charge in [0.05, 0.1) is 6.61 Å². The normalized spacial score (nSPS) is 12.4. The third kappa shape index (κ3) is 12.2. The number of esters is 1. The minimum absolute atomic E-state index is 0.0240. The largest absolute Gasteiger partial charge is 0.466 e. The molecule has 0 saturated carbocycles. The molecule has 0 saturated heterocycles. The molecule has 0 N–H and O–H groups in total. The Bertz CT molecular complexity index is 183. The van der Waals surface area contributed by atoms with Crippen LogP contribution in [0.2, 0.25) is 0 Å². The van der Waals surface area contributed by atoms with E-state index in [1.807, 2.05) is 0 Å². The molecule has 0 aromatic heterocycles. The van der Waals surface area contributed by atoms with Crippen LogP contribution in [0.25, 0.3) is 0 Å². The van der Waals surface area contributed by atoms with Crippen molar-refractivity contribution < 1.29 is 9.53 Å². The maximum absolute atomic E-state index is 11.4. The fourth-order valence-corrected chi connectivity index (χ4v) is 1.95. The molecular formula is C14H27BrO2. The van der Waals surface area contributed by atoms with Gasteiger partial charge >= 0.3 is 5.97 Å². The summed E-state index contributed by atoms with van der Waals surface area (Å²) in [4.78, 5) is 12.0. The lowest BCUT2D eigenvalue weighted by Gasteiger charge is -2.06. The van der Waals surface area contributed by atoms with E-state index in [1.54, 1.807) is 0 Å². The lowest BCUT2D eigenvalue weighted by Crippen LogP contribution is -2.06. The van der Waals surface area contributed by atoms with Gasteiger partial charge in [0.15, 0.2) is 0 Å². The highest BCUT2D eigenvalue weighted by molar-refractivity contribution is 9.09. The predicted octanol–water partition coefficient (Wildman–Crippen LogP) is 4.84. The Morgan fingerprint density at radius 2 is 1.88 bits per heavy atom. The molecule has 0 rings (SSSR count). The molecule has 0 aliphatic carbocycles. The summed E-state index contributed by atoms with van der Waals surface area (Å²) in [6.45, 7) is 4.96. The number of rotatable bonds is 11. The molecule has 0 spiro atoms. The van der Waals surface area contributed by atoms with Crippen LogP contribution in [0.5, 0.6) is 0 Å². The van der Waals surface area contributed by atoms with Crippen LogP contribution in [0.1, 0.15) is 71.6 Å². The first kappa shape index (κ1) is 16.9. The van der Waals surface area contributed by atoms with Crippen LogP contribution < -0.4 is 0 Å². The van der Waals surface area contributed by atoms with Gasteiger partial charge in [-0.3, -0.25) is 4.79 Å². The van der Waals surface area contributed by atoms with Crippen LogP contribution in [0.3, 0.4) is 0 Å². The van der Waals surface area contributed by atoms with Crippen molar-refractivity contribution in [2.75, 3.05) is 6.61 Å². The van der Waals surface area contributed by atoms with Crippen molar-refractivity contribution in [1.82, 2.24) is 0 Å². The second kappa shape index (κ2) is 12.4. The molecule has 0 fully saturated rings. The molecule has 1 atom stereocenters. The number of unbranched alkanes of at least 4 members (excludes halogenated alkanes) is 4. The van der Waals surface area contributed by atoms with Crippen molar-refractivity contribution in [2.24, 2.45) is 0 Å². The summed E-state index contributed by atoms with van der Waals surface area (Å²) in [6.07, 6.45) is 9.59. The number of halogens is 1. The molecule has 0 aliphatic heterocycles. The number of ether oxygens (including phenoxy) is 1. The molecular weight excluding hydrogens is 280 g/mol. The van der Waals surface area contributed by atoms with Crippen LogP contribution in [0.15, 0.2) is 0 Å². The first-order chi connectivity index (χ1) is 8.20. The molecule has 0 aromatic rings. The van der Waals surface area contributed by atoms with Crippen LogP contribution >= 0.6 is 15.9 Å². The lowest BCUT2D eigenvalue weighted by molar-refractivity contribution is -0.143. The maximum Gasteiger partial charge on any atom is 0.305 e. The summed E-state index contributed by atoms with van der Waals surface area (Å²) in [5.41, 5.74) is 0. The molecule has 0 aliphatic rings. The van der Waals surface area contributed by atoms with Crippen LogP contribution in [0.4, 0.5) is 0 Å². The summed E-state index contributed by atoms with van der Waals surface area (Å²) in [6, 6.07) is 0. The number of alkyl halides is 1. The fraction of sp³-hybridized carbons (Fsp3) is 0.929. The molecule has 0 heterocycles. The van der Waals surface area contributed by atoms with Crippen LogP contribution in [0, 0.1) is 0 Å². The van der Waals surface area contributed by atoms with Gasteiger partial charge in [0.1, 0.15) is 0 Å². The fourth-order valence-electron chi connectivity index (χ4n) is 1.63. The Balaban J connectivity index is 3.23. The smallest absolute Gasteiger partial charge is 0.305 e. The number of carbonyl (C=O) groups excluding carboxylic acids is 1. The molecule has 0 amide bonds. The van der Waals surface area contributed by atoms with Gasteiger partial charge in [0, 0.05) is 11.2 Å². The molecule has 0 aromatic carbocycles. The number of hydrogen-bond donors (Lipinski definition) is 0. The summed E-state index contributed by atoms with van der Waals surface area (Å²) >= 11 is 3.59. The Labute approximate surface area is 115 Å². The van der Waals surface area contributed by atoms with Crippen LogP contribution in [-0.4, -0.2) is 17.4 Å². The highest BCUT2D eigenvalue weighted by Crippen LogP contribution is 2.14. The van der Waals surface area contributed by atoms with Gasteiger partial charge in [0.2, 0.25) is 0 Å². The lowest BCUT2D eigenvalue weighted by atomic mass is 10.1. The first-order valence-corrected chi connectivity index (χ1v) is 7.92. The third-order valence-electron chi connectivity index (χ3n) is 2.85. The Kier molecular flexibility index (Phi) is 12.4. The highest BCUT2D eigenvalue weighted by Gasteiger charge is 2.04. The van der Waals surface area contributed by atoms with Crippen molar-refractivity contribution in [2.45, 2.75) is 76.5 Å². The average molecular weight is 307 g/mol. The zero-order chi connectivity index (χ0) is 12.9. The van der Waals surface area contributed by atoms with E-state index in [0.717, 1.165) is 32.1 Å². The van der Waals surface area contributed by atoms with Crippen molar-refractivity contribution in [3.63, 3.8) is 0 Å². The van der Waals surface area contributed by atoms with Gasteiger partial charge in [-0.05, 0) is 25.7 Å². The molecule has 102 valence electrons. The monoisotopic (exact) mass is 306 g/mol. The van der Waals surface area contributed by atoms with E-state index in [2.05, 4.69) is 29.8 Å². The second-order valence-electron chi connectivity index (χ2n) is 4.53. The van der Waals surface area contributed by atoms with Crippen molar-refractivity contribution in [3.8, 4) is 0 Å². The van der Waals surface area contributed by atoms with Gasteiger partial charge in [-0.1, -0.05) is 55.5 Å². The van der Waals surface area contributed by atoms with Crippen molar-refractivity contribution in [1.29, 1.82) is 0 Å². The van der Waals surface area contributed by atoms with Gasteiger partial charge in [-0.2, -0.15) is 0 Å². The Hall–Kier alpha value is -0.0500. The minimum atomic E-state index is -0.0240. The van der Waals surface area contributed by atoms with Gasteiger partial charge in [-0.25, -0.2) is 0 Å². The maximum atomic E-state index is 11.4. The number of carbonyl (C=O) groups is 1. The zero-order valence-corrected chi connectivity index (χ0v) is 12.9. The average Bonchev–Trinajstić information content (AvgIpc) is 2.34. The zero-order valence-electron chi connectivity index (χ0n) is 11.3. The molecule has 2 nitrogen and oxygen atoms in total. The highest BCUT2D eigenvalue weighted by atomic mass is 79.9. The third-order valence-corrected chi connectivity index (χ3v) is 3.96. The van der Waals surface area contributed by atoms with E-state index in [9.17, 15) is 4.79 Å². The van der Waals surface area contributed by atoms with E-state index in [1.165, 1.54) is 19.3 Å². The summed E-state index contributed by atoms with van der Waals surface area (Å²) in [5.74, 6) is -0.0240.